The number of carboxylic acids is 1. The Hall–Kier alpha value is -2.20. The van der Waals surface area contributed by atoms with Crippen LogP contribution in [0.5, 0.6) is 0 Å². The molecule has 1 aliphatic rings. The second-order valence-corrected chi connectivity index (χ2v) is 7.81. The molecule has 1 fully saturated rings. The number of carboxylic acid groups (broad SMARTS) is 1. The fourth-order valence-corrected chi connectivity index (χ4v) is 4.02. The van der Waals surface area contributed by atoms with Crippen LogP contribution in [0.15, 0.2) is 29.2 Å². The average Bonchev–Trinajstić information content (AvgIpc) is 2.58. The van der Waals surface area contributed by atoms with E-state index in [2.05, 4.69) is 10.0 Å². The fraction of sp³-hybridized carbons (Fsp3) is 0.500. The van der Waals surface area contributed by atoms with Crippen molar-refractivity contribution in [2.24, 2.45) is 0 Å². The zero-order valence-corrected chi connectivity index (χ0v) is 15.0. The molecule has 26 heavy (non-hydrogen) atoms. The van der Waals surface area contributed by atoms with E-state index in [1.54, 1.807) is 0 Å². The Morgan fingerprint density at radius 2 is 2.12 bits per heavy atom. The molecular formula is C16H22FN3O5S. The Labute approximate surface area is 151 Å². The van der Waals surface area contributed by atoms with E-state index in [0.717, 1.165) is 12.1 Å². The first-order valence-electron chi connectivity index (χ1n) is 8.30. The van der Waals surface area contributed by atoms with Gasteiger partial charge in [-0.2, -0.15) is 0 Å². The Balaban J connectivity index is 1.89. The van der Waals surface area contributed by atoms with Gasteiger partial charge in [0.15, 0.2) is 0 Å². The molecule has 0 saturated carbocycles. The van der Waals surface area contributed by atoms with E-state index in [0.29, 0.717) is 25.8 Å². The van der Waals surface area contributed by atoms with Gasteiger partial charge in [-0.25, -0.2) is 22.3 Å². The fourth-order valence-electron chi connectivity index (χ4n) is 2.73. The van der Waals surface area contributed by atoms with Crippen LogP contribution >= 0.6 is 0 Å². The summed E-state index contributed by atoms with van der Waals surface area (Å²) in [6, 6.07) is 3.91. The third-order valence-corrected chi connectivity index (χ3v) is 5.50. The maximum atomic E-state index is 13.3. The quantitative estimate of drug-likeness (QED) is 0.607. The van der Waals surface area contributed by atoms with Crippen LogP contribution in [-0.2, 0) is 14.8 Å². The van der Waals surface area contributed by atoms with E-state index in [4.69, 9.17) is 5.11 Å². The van der Waals surface area contributed by atoms with Gasteiger partial charge in [0.1, 0.15) is 5.82 Å². The maximum Gasteiger partial charge on any atom is 0.317 e. The largest absolute Gasteiger partial charge is 0.481 e. The third kappa shape index (κ3) is 5.95. The molecule has 1 aromatic carbocycles. The summed E-state index contributed by atoms with van der Waals surface area (Å²) >= 11 is 0. The van der Waals surface area contributed by atoms with Gasteiger partial charge in [0, 0.05) is 32.1 Å². The predicted molar refractivity (Wildman–Crippen MR) is 91.6 cm³/mol. The molecule has 10 heteroatoms. The molecule has 1 unspecified atom stereocenters. The molecule has 0 radical (unpaired) electrons. The van der Waals surface area contributed by atoms with Gasteiger partial charge in [-0.3, -0.25) is 4.79 Å². The molecule has 1 aliphatic heterocycles. The second-order valence-electron chi connectivity index (χ2n) is 6.09. The standard InChI is InChI=1S/C16H22FN3O5S/c17-12-4-1-6-14(10-12)26(24,25)19-13-5-3-9-20(11-13)16(23)18-8-2-7-15(21)22/h1,4,6,10,13,19H,2-3,5,7-9,11H2,(H,18,23)(H,21,22). The number of carbonyl (C=O) groups is 2. The van der Waals surface area contributed by atoms with Gasteiger partial charge in [-0.15, -0.1) is 0 Å². The van der Waals surface area contributed by atoms with E-state index in [1.807, 2.05) is 0 Å². The molecule has 2 rings (SSSR count). The third-order valence-electron chi connectivity index (χ3n) is 3.98. The Morgan fingerprint density at radius 3 is 2.81 bits per heavy atom. The van der Waals surface area contributed by atoms with E-state index in [9.17, 15) is 22.4 Å². The number of nitrogens with one attached hydrogen (secondary N) is 2. The monoisotopic (exact) mass is 387 g/mol. The van der Waals surface area contributed by atoms with Gasteiger partial charge >= 0.3 is 12.0 Å². The summed E-state index contributed by atoms with van der Waals surface area (Å²) in [5.74, 6) is -1.57. The SMILES string of the molecule is O=C(O)CCCNC(=O)N1CCCC(NS(=O)(=O)c2cccc(F)c2)C1. The first-order chi connectivity index (χ1) is 12.3. The summed E-state index contributed by atoms with van der Waals surface area (Å²) in [5.41, 5.74) is 0. The van der Waals surface area contributed by atoms with E-state index < -0.39 is 27.9 Å². The van der Waals surface area contributed by atoms with Crippen molar-refractivity contribution < 1.29 is 27.5 Å². The highest BCUT2D eigenvalue weighted by Gasteiger charge is 2.27. The number of sulfonamides is 1. The molecule has 0 aliphatic carbocycles. The van der Waals surface area contributed by atoms with Gasteiger partial charge < -0.3 is 15.3 Å². The first kappa shape index (κ1) is 20.1. The van der Waals surface area contributed by atoms with Crippen LogP contribution < -0.4 is 10.0 Å². The van der Waals surface area contributed by atoms with Crippen molar-refractivity contribution in [2.75, 3.05) is 19.6 Å². The van der Waals surface area contributed by atoms with Crippen molar-refractivity contribution in [3.05, 3.63) is 30.1 Å². The molecular weight excluding hydrogens is 365 g/mol. The molecule has 0 aromatic heterocycles. The minimum atomic E-state index is -3.88. The molecule has 0 bridgehead atoms. The zero-order chi connectivity index (χ0) is 19.2. The van der Waals surface area contributed by atoms with Crippen LogP contribution in [0.1, 0.15) is 25.7 Å². The number of hydrogen-bond donors (Lipinski definition) is 3. The number of nitrogens with zero attached hydrogens (tertiary/aromatic N) is 1. The topological polar surface area (TPSA) is 116 Å². The number of aliphatic carboxylic acids is 1. The van der Waals surface area contributed by atoms with Gasteiger partial charge in [0.2, 0.25) is 10.0 Å². The van der Waals surface area contributed by atoms with Gasteiger partial charge in [0.05, 0.1) is 4.90 Å². The van der Waals surface area contributed by atoms with Crippen molar-refractivity contribution >= 4 is 22.0 Å². The van der Waals surface area contributed by atoms with Gasteiger partial charge in [0.25, 0.3) is 0 Å². The van der Waals surface area contributed by atoms with Crippen LogP contribution in [0.25, 0.3) is 0 Å². The van der Waals surface area contributed by atoms with Crippen LogP contribution in [0, 0.1) is 5.82 Å². The average molecular weight is 387 g/mol. The van der Waals surface area contributed by atoms with Crippen molar-refractivity contribution in [2.45, 2.75) is 36.6 Å². The minimum Gasteiger partial charge on any atom is -0.481 e. The lowest BCUT2D eigenvalue weighted by atomic mass is 10.1. The molecule has 0 spiro atoms. The number of halogens is 1. The molecule has 144 valence electrons. The number of rotatable bonds is 7. The van der Waals surface area contributed by atoms with E-state index in [1.165, 1.54) is 17.0 Å². The zero-order valence-electron chi connectivity index (χ0n) is 14.2. The Kier molecular flexibility index (Phi) is 6.92. The molecule has 3 N–H and O–H groups in total. The molecule has 8 nitrogen and oxygen atoms in total. The minimum absolute atomic E-state index is 0.0314. The number of piperidine rings is 1. The molecule has 2 amide bonds. The van der Waals surface area contributed by atoms with Crippen molar-refractivity contribution in [1.29, 1.82) is 0 Å². The lowest BCUT2D eigenvalue weighted by molar-refractivity contribution is -0.137. The van der Waals surface area contributed by atoms with Crippen LogP contribution in [-0.4, -0.2) is 56.1 Å². The van der Waals surface area contributed by atoms with E-state index in [-0.39, 0.29) is 30.4 Å². The number of benzene rings is 1. The predicted octanol–water partition coefficient (Wildman–Crippen LogP) is 1.14. The number of hydrogen-bond acceptors (Lipinski definition) is 4. The number of urea groups is 1. The maximum absolute atomic E-state index is 13.3. The first-order valence-corrected chi connectivity index (χ1v) is 9.79. The van der Waals surface area contributed by atoms with E-state index >= 15 is 0 Å². The summed E-state index contributed by atoms with van der Waals surface area (Å²) in [6.07, 6.45) is 1.48. The Bertz CT molecular complexity index is 756. The van der Waals surface area contributed by atoms with Crippen molar-refractivity contribution in [1.82, 2.24) is 14.9 Å². The summed E-state index contributed by atoms with van der Waals surface area (Å²) in [7, 11) is -3.88. The smallest absolute Gasteiger partial charge is 0.317 e. The molecule has 1 atom stereocenters. The summed E-state index contributed by atoms with van der Waals surface area (Å²) in [5, 5.41) is 11.2. The normalized spacial score (nSPS) is 17.7. The summed E-state index contributed by atoms with van der Waals surface area (Å²) < 4.78 is 40.5. The highest BCUT2D eigenvalue weighted by atomic mass is 32.2. The summed E-state index contributed by atoms with van der Waals surface area (Å²) in [4.78, 5) is 23.9. The van der Waals surface area contributed by atoms with Crippen molar-refractivity contribution in [3.8, 4) is 0 Å². The molecule has 1 heterocycles. The lowest BCUT2D eigenvalue weighted by Crippen LogP contribution is -2.52. The molecule has 1 aromatic rings. The van der Waals surface area contributed by atoms with Gasteiger partial charge in [-0.05, 0) is 37.5 Å². The molecule has 1 saturated heterocycles. The highest BCUT2D eigenvalue weighted by Crippen LogP contribution is 2.15. The number of amides is 2. The van der Waals surface area contributed by atoms with Crippen LogP contribution in [0.2, 0.25) is 0 Å². The highest BCUT2D eigenvalue weighted by molar-refractivity contribution is 7.89. The Morgan fingerprint density at radius 1 is 1.35 bits per heavy atom. The van der Waals surface area contributed by atoms with Crippen molar-refractivity contribution in [3.63, 3.8) is 0 Å². The second kappa shape index (κ2) is 8.95. The lowest BCUT2D eigenvalue weighted by Gasteiger charge is -2.33. The number of likely N-dealkylation sites (tertiary alicyclic amines) is 1. The van der Waals surface area contributed by atoms with Crippen LogP contribution in [0.4, 0.5) is 9.18 Å². The van der Waals surface area contributed by atoms with Gasteiger partial charge in [-0.1, -0.05) is 6.07 Å². The number of carbonyl (C=O) groups excluding carboxylic acids is 1. The van der Waals surface area contributed by atoms with Crippen LogP contribution in [0.3, 0.4) is 0 Å². The summed E-state index contributed by atoms with van der Waals surface area (Å²) in [6.45, 7) is 0.920.